The summed E-state index contributed by atoms with van der Waals surface area (Å²) in [5.41, 5.74) is 1.58. The average Bonchev–Trinajstić information content (AvgIpc) is 2.91. The van der Waals surface area contributed by atoms with Gasteiger partial charge in [0.25, 0.3) is 10.2 Å². The van der Waals surface area contributed by atoms with E-state index in [9.17, 15) is 8.42 Å². The smallest absolute Gasteiger partial charge is 0.259 e. The van der Waals surface area contributed by atoms with E-state index in [0.717, 1.165) is 31.2 Å². The fourth-order valence-electron chi connectivity index (χ4n) is 3.00. The molecule has 1 aromatic carbocycles. The van der Waals surface area contributed by atoms with E-state index in [1.165, 1.54) is 0 Å². The molecular formula is C18H23N3O2S. The van der Waals surface area contributed by atoms with E-state index in [1.807, 2.05) is 48.5 Å². The summed E-state index contributed by atoms with van der Waals surface area (Å²) in [5, 5.41) is 0. The highest BCUT2D eigenvalue weighted by molar-refractivity contribution is 7.87. The summed E-state index contributed by atoms with van der Waals surface area (Å²) in [4.78, 5) is 4.36. The van der Waals surface area contributed by atoms with Gasteiger partial charge < -0.3 is 0 Å². The van der Waals surface area contributed by atoms with Crippen LogP contribution in [0.4, 0.5) is 0 Å². The molecule has 3 rings (SSSR count). The molecule has 0 aliphatic carbocycles. The molecule has 0 radical (unpaired) electrons. The van der Waals surface area contributed by atoms with Crippen molar-refractivity contribution in [1.29, 1.82) is 0 Å². The first-order valence-corrected chi connectivity index (χ1v) is 9.84. The second-order valence-corrected chi connectivity index (χ2v) is 7.74. The molecule has 1 aliphatic heterocycles. The Labute approximate surface area is 143 Å². The van der Waals surface area contributed by atoms with Crippen LogP contribution in [0.5, 0.6) is 0 Å². The van der Waals surface area contributed by atoms with Gasteiger partial charge in [0.15, 0.2) is 0 Å². The molecule has 2 heterocycles. The van der Waals surface area contributed by atoms with E-state index in [0.29, 0.717) is 18.8 Å². The Morgan fingerprint density at radius 2 is 1.58 bits per heavy atom. The number of hydrogen-bond donors (Lipinski definition) is 1. The monoisotopic (exact) mass is 345 g/mol. The predicted molar refractivity (Wildman–Crippen MR) is 94.6 cm³/mol. The quantitative estimate of drug-likeness (QED) is 0.906. The summed E-state index contributed by atoms with van der Waals surface area (Å²) in [7, 11) is -3.56. The van der Waals surface area contributed by atoms with Gasteiger partial charge >= 0.3 is 0 Å². The van der Waals surface area contributed by atoms with Crippen LogP contribution in [-0.2, 0) is 10.2 Å². The van der Waals surface area contributed by atoms with Crippen molar-refractivity contribution < 1.29 is 8.42 Å². The lowest BCUT2D eigenvalue weighted by Crippen LogP contribution is -2.43. The summed E-state index contributed by atoms with van der Waals surface area (Å²) in [5.74, 6) is 0. The lowest BCUT2D eigenvalue weighted by atomic mass is 10.0. The molecule has 6 heteroatoms. The number of nitrogens with zero attached hydrogens (tertiary/aromatic N) is 2. The van der Waals surface area contributed by atoms with Crippen molar-refractivity contribution in [3.05, 3.63) is 66.0 Å². The van der Waals surface area contributed by atoms with Gasteiger partial charge in [-0.1, -0.05) is 49.2 Å². The number of benzene rings is 1. The maximum Gasteiger partial charge on any atom is 0.280 e. The van der Waals surface area contributed by atoms with Crippen molar-refractivity contribution in [3.8, 4) is 0 Å². The number of nitrogens with one attached hydrogen (secondary N) is 1. The van der Waals surface area contributed by atoms with E-state index in [2.05, 4.69) is 9.71 Å². The zero-order chi connectivity index (χ0) is 16.8. The molecule has 1 saturated heterocycles. The highest BCUT2D eigenvalue weighted by atomic mass is 32.2. The SMILES string of the molecule is O=S(=O)(N[C@H](c1ccccc1)c1ccccn1)N1CCCCCC1. The van der Waals surface area contributed by atoms with Crippen LogP contribution in [0.2, 0.25) is 0 Å². The number of hydrogen-bond acceptors (Lipinski definition) is 3. The third-order valence-corrected chi connectivity index (χ3v) is 5.87. The summed E-state index contributed by atoms with van der Waals surface area (Å²) in [6.45, 7) is 1.16. The second-order valence-electron chi connectivity index (χ2n) is 6.03. The summed E-state index contributed by atoms with van der Waals surface area (Å²) in [6.07, 6.45) is 5.70. The lowest BCUT2D eigenvalue weighted by Gasteiger charge is -2.25. The molecular weight excluding hydrogens is 322 g/mol. The van der Waals surface area contributed by atoms with Gasteiger partial charge in [-0.15, -0.1) is 0 Å². The lowest BCUT2D eigenvalue weighted by molar-refractivity contribution is 0.411. The van der Waals surface area contributed by atoms with Crippen LogP contribution in [0.3, 0.4) is 0 Å². The van der Waals surface area contributed by atoms with Gasteiger partial charge in [0.1, 0.15) is 0 Å². The van der Waals surface area contributed by atoms with Crippen molar-refractivity contribution in [2.75, 3.05) is 13.1 Å². The minimum Gasteiger partial charge on any atom is -0.259 e. The zero-order valence-electron chi connectivity index (χ0n) is 13.6. The standard InChI is InChI=1S/C18H23N3O2S/c22-24(23,21-14-8-1-2-9-15-21)20-18(16-10-4-3-5-11-16)17-12-6-7-13-19-17/h3-7,10-13,18,20H,1-2,8-9,14-15H2/t18-/m1/s1. The Balaban J connectivity index is 1.89. The van der Waals surface area contributed by atoms with Crippen molar-refractivity contribution in [2.45, 2.75) is 31.7 Å². The first-order valence-electron chi connectivity index (χ1n) is 8.40. The first kappa shape index (κ1) is 17.1. The molecule has 5 nitrogen and oxygen atoms in total. The Kier molecular flexibility index (Phi) is 5.60. The van der Waals surface area contributed by atoms with Crippen LogP contribution in [0.15, 0.2) is 54.7 Å². The minimum absolute atomic E-state index is 0.486. The van der Waals surface area contributed by atoms with Crippen LogP contribution in [0, 0.1) is 0 Å². The third kappa shape index (κ3) is 4.20. The van der Waals surface area contributed by atoms with Gasteiger partial charge in [0.2, 0.25) is 0 Å². The molecule has 0 saturated carbocycles. The summed E-state index contributed by atoms with van der Waals surface area (Å²) in [6, 6.07) is 14.6. The van der Waals surface area contributed by atoms with Crippen LogP contribution in [-0.4, -0.2) is 30.8 Å². The fraction of sp³-hybridized carbons (Fsp3) is 0.389. The van der Waals surface area contributed by atoms with Crippen molar-refractivity contribution in [2.24, 2.45) is 0 Å². The summed E-state index contributed by atoms with van der Waals surface area (Å²) >= 11 is 0. The van der Waals surface area contributed by atoms with E-state index in [4.69, 9.17) is 0 Å². The molecule has 1 aliphatic rings. The molecule has 24 heavy (non-hydrogen) atoms. The largest absolute Gasteiger partial charge is 0.280 e. The molecule has 0 amide bonds. The van der Waals surface area contributed by atoms with Gasteiger partial charge in [0, 0.05) is 19.3 Å². The molecule has 128 valence electrons. The van der Waals surface area contributed by atoms with Crippen LogP contribution < -0.4 is 4.72 Å². The van der Waals surface area contributed by atoms with Crippen LogP contribution >= 0.6 is 0 Å². The minimum atomic E-state index is -3.56. The molecule has 1 atom stereocenters. The van der Waals surface area contributed by atoms with Crippen molar-refractivity contribution in [3.63, 3.8) is 0 Å². The predicted octanol–water partition coefficient (Wildman–Crippen LogP) is 2.88. The molecule has 1 N–H and O–H groups in total. The Morgan fingerprint density at radius 1 is 0.917 bits per heavy atom. The molecule has 0 spiro atoms. The number of aromatic nitrogens is 1. The normalized spacial score (nSPS) is 18.0. The van der Waals surface area contributed by atoms with Gasteiger partial charge in [-0.05, 0) is 30.5 Å². The van der Waals surface area contributed by atoms with Gasteiger partial charge in [-0.2, -0.15) is 17.4 Å². The number of rotatable bonds is 5. The van der Waals surface area contributed by atoms with Crippen LogP contribution in [0.25, 0.3) is 0 Å². The Morgan fingerprint density at radius 3 is 2.21 bits per heavy atom. The van der Waals surface area contributed by atoms with E-state index < -0.39 is 16.3 Å². The van der Waals surface area contributed by atoms with Gasteiger partial charge in [0.05, 0.1) is 11.7 Å². The van der Waals surface area contributed by atoms with E-state index >= 15 is 0 Å². The highest BCUT2D eigenvalue weighted by Gasteiger charge is 2.28. The van der Waals surface area contributed by atoms with E-state index in [-0.39, 0.29) is 0 Å². The number of pyridine rings is 1. The van der Waals surface area contributed by atoms with Gasteiger partial charge in [-0.25, -0.2) is 0 Å². The average molecular weight is 345 g/mol. The second kappa shape index (κ2) is 7.88. The van der Waals surface area contributed by atoms with E-state index in [1.54, 1.807) is 10.5 Å². The first-order chi connectivity index (χ1) is 11.7. The maximum absolute atomic E-state index is 12.9. The topological polar surface area (TPSA) is 62.3 Å². The molecule has 1 aromatic heterocycles. The molecule has 1 fully saturated rings. The molecule has 0 bridgehead atoms. The van der Waals surface area contributed by atoms with Crippen molar-refractivity contribution >= 4 is 10.2 Å². The zero-order valence-corrected chi connectivity index (χ0v) is 14.5. The third-order valence-electron chi connectivity index (χ3n) is 4.29. The molecule has 0 unspecified atom stereocenters. The fourth-order valence-corrected chi connectivity index (χ4v) is 4.44. The molecule has 2 aromatic rings. The highest BCUT2D eigenvalue weighted by Crippen LogP contribution is 2.22. The Bertz CT molecular complexity index is 688. The van der Waals surface area contributed by atoms with Gasteiger partial charge in [-0.3, -0.25) is 4.98 Å². The maximum atomic E-state index is 12.9. The van der Waals surface area contributed by atoms with Crippen molar-refractivity contribution in [1.82, 2.24) is 14.0 Å². The van der Waals surface area contributed by atoms with Crippen LogP contribution in [0.1, 0.15) is 43.0 Å². The Hall–Kier alpha value is -1.76. The summed E-state index contributed by atoms with van der Waals surface area (Å²) < 4.78 is 30.2.